The van der Waals surface area contributed by atoms with Crippen molar-refractivity contribution in [3.63, 3.8) is 0 Å². The fourth-order valence-electron chi connectivity index (χ4n) is 3.43. The zero-order chi connectivity index (χ0) is 17.9. The van der Waals surface area contributed by atoms with Crippen molar-refractivity contribution in [3.05, 3.63) is 53.7 Å². The highest BCUT2D eigenvalue weighted by molar-refractivity contribution is 7.89. The van der Waals surface area contributed by atoms with Gasteiger partial charge in [0.15, 0.2) is 9.84 Å². The Bertz CT molecular complexity index is 793. The second kappa shape index (κ2) is 7.67. The van der Waals surface area contributed by atoms with Gasteiger partial charge in [-0.15, -0.1) is 0 Å². The summed E-state index contributed by atoms with van der Waals surface area (Å²) in [4.78, 5) is 6.97. The number of piperidine rings is 1. The van der Waals surface area contributed by atoms with Crippen LogP contribution in [0.1, 0.15) is 43.4 Å². The number of rotatable bonds is 5. The Labute approximate surface area is 150 Å². The normalized spacial score (nSPS) is 17.4. The second-order valence-corrected chi connectivity index (χ2v) is 9.16. The maximum atomic E-state index is 11.4. The SMILES string of the molecule is C[C@H](c1ccc(-c2ccc(CS(C)(=O)=O)cn2)cc1)N1CCCCC1. The summed E-state index contributed by atoms with van der Waals surface area (Å²) in [5.41, 5.74) is 3.98. The summed E-state index contributed by atoms with van der Waals surface area (Å²) < 4.78 is 22.7. The Morgan fingerprint density at radius 3 is 2.28 bits per heavy atom. The highest BCUT2D eigenvalue weighted by Crippen LogP contribution is 2.26. The fourth-order valence-corrected chi connectivity index (χ4v) is 4.21. The van der Waals surface area contributed by atoms with Gasteiger partial charge in [-0.1, -0.05) is 36.8 Å². The van der Waals surface area contributed by atoms with Gasteiger partial charge in [0, 0.05) is 24.1 Å². The van der Waals surface area contributed by atoms with Gasteiger partial charge in [-0.2, -0.15) is 0 Å². The third kappa shape index (κ3) is 4.89. The van der Waals surface area contributed by atoms with Gasteiger partial charge in [0.05, 0.1) is 11.4 Å². The molecule has 25 heavy (non-hydrogen) atoms. The molecule has 0 unspecified atom stereocenters. The monoisotopic (exact) mass is 358 g/mol. The highest BCUT2D eigenvalue weighted by atomic mass is 32.2. The predicted molar refractivity (Wildman–Crippen MR) is 102 cm³/mol. The molecule has 1 aromatic heterocycles. The molecule has 1 saturated heterocycles. The lowest BCUT2D eigenvalue weighted by Gasteiger charge is -2.32. The average molecular weight is 359 g/mol. The van der Waals surface area contributed by atoms with Crippen LogP contribution in [0.4, 0.5) is 0 Å². The molecule has 134 valence electrons. The lowest BCUT2D eigenvalue weighted by molar-refractivity contribution is 0.175. The van der Waals surface area contributed by atoms with Crippen LogP contribution in [0.5, 0.6) is 0 Å². The van der Waals surface area contributed by atoms with Crippen LogP contribution in [0.15, 0.2) is 42.6 Å². The lowest BCUT2D eigenvalue weighted by atomic mass is 10.0. The highest BCUT2D eigenvalue weighted by Gasteiger charge is 2.18. The zero-order valence-electron chi connectivity index (χ0n) is 15.0. The Hall–Kier alpha value is -1.72. The number of aromatic nitrogens is 1. The van der Waals surface area contributed by atoms with Crippen molar-refractivity contribution in [2.75, 3.05) is 19.3 Å². The maximum absolute atomic E-state index is 11.4. The van der Waals surface area contributed by atoms with Gasteiger partial charge in [0.1, 0.15) is 0 Å². The van der Waals surface area contributed by atoms with E-state index in [2.05, 4.69) is 41.1 Å². The zero-order valence-corrected chi connectivity index (χ0v) is 15.8. The van der Waals surface area contributed by atoms with Crippen molar-refractivity contribution in [3.8, 4) is 11.3 Å². The molecule has 0 spiro atoms. The first-order chi connectivity index (χ1) is 11.9. The summed E-state index contributed by atoms with van der Waals surface area (Å²) in [6, 6.07) is 12.8. The van der Waals surface area contributed by atoms with E-state index >= 15 is 0 Å². The molecule has 0 N–H and O–H groups in total. The summed E-state index contributed by atoms with van der Waals surface area (Å²) >= 11 is 0. The van der Waals surface area contributed by atoms with Gasteiger partial charge in [0.25, 0.3) is 0 Å². The van der Waals surface area contributed by atoms with Crippen LogP contribution in [0.3, 0.4) is 0 Å². The van der Waals surface area contributed by atoms with Crippen LogP contribution in [-0.2, 0) is 15.6 Å². The Morgan fingerprint density at radius 1 is 1.04 bits per heavy atom. The summed E-state index contributed by atoms with van der Waals surface area (Å²) in [7, 11) is -3.03. The molecule has 2 aromatic rings. The van der Waals surface area contributed by atoms with Gasteiger partial charge in [-0.3, -0.25) is 9.88 Å². The number of hydrogen-bond acceptors (Lipinski definition) is 4. The average Bonchev–Trinajstić information content (AvgIpc) is 2.61. The molecule has 1 aromatic carbocycles. The van der Waals surface area contributed by atoms with E-state index in [4.69, 9.17) is 0 Å². The Balaban J connectivity index is 1.71. The molecular weight excluding hydrogens is 332 g/mol. The van der Waals surface area contributed by atoms with E-state index in [1.54, 1.807) is 6.20 Å². The summed E-state index contributed by atoms with van der Waals surface area (Å²) in [6.07, 6.45) is 6.84. The van der Waals surface area contributed by atoms with Crippen molar-refractivity contribution in [1.29, 1.82) is 0 Å². The molecule has 2 heterocycles. The molecule has 0 saturated carbocycles. The quantitative estimate of drug-likeness (QED) is 0.815. The van der Waals surface area contributed by atoms with Crippen LogP contribution < -0.4 is 0 Å². The third-order valence-corrected chi connectivity index (χ3v) is 5.74. The van der Waals surface area contributed by atoms with Crippen molar-refractivity contribution >= 4 is 9.84 Å². The van der Waals surface area contributed by atoms with Crippen molar-refractivity contribution in [1.82, 2.24) is 9.88 Å². The van der Waals surface area contributed by atoms with E-state index in [0.717, 1.165) is 16.8 Å². The molecule has 0 radical (unpaired) electrons. The second-order valence-electron chi connectivity index (χ2n) is 7.02. The van der Waals surface area contributed by atoms with Crippen molar-refractivity contribution < 1.29 is 8.42 Å². The number of pyridine rings is 1. The number of hydrogen-bond donors (Lipinski definition) is 0. The molecule has 3 rings (SSSR count). The number of nitrogens with zero attached hydrogens (tertiary/aromatic N) is 2. The van der Waals surface area contributed by atoms with Crippen molar-refractivity contribution in [2.45, 2.75) is 38.0 Å². The van der Waals surface area contributed by atoms with E-state index in [9.17, 15) is 8.42 Å². The van der Waals surface area contributed by atoms with Gasteiger partial charge < -0.3 is 0 Å². The van der Waals surface area contributed by atoms with E-state index in [1.165, 1.54) is 44.2 Å². The number of benzene rings is 1. The first kappa shape index (κ1) is 18.1. The molecule has 1 fully saturated rings. The van der Waals surface area contributed by atoms with Gasteiger partial charge in [-0.25, -0.2) is 8.42 Å². The molecule has 1 aliphatic rings. The summed E-state index contributed by atoms with van der Waals surface area (Å²) in [5.74, 6) is 0.0343. The van der Waals surface area contributed by atoms with E-state index in [-0.39, 0.29) is 5.75 Å². The molecule has 4 nitrogen and oxygen atoms in total. The first-order valence-corrected chi connectivity index (χ1v) is 11.0. The predicted octanol–water partition coefficient (Wildman–Crippen LogP) is 3.84. The number of likely N-dealkylation sites (tertiary alicyclic amines) is 1. The van der Waals surface area contributed by atoms with E-state index in [1.807, 2.05) is 12.1 Å². The largest absolute Gasteiger partial charge is 0.297 e. The molecule has 5 heteroatoms. The minimum atomic E-state index is -3.03. The molecular formula is C20H26N2O2S. The minimum absolute atomic E-state index is 0.0343. The van der Waals surface area contributed by atoms with Gasteiger partial charge in [-0.05, 0) is 50.0 Å². The van der Waals surface area contributed by atoms with Crippen LogP contribution in [-0.4, -0.2) is 37.6 Å². The fraction of sp³-hybridized carbons (Fsp3) is 0.450. The standard InChI is InChI=1S/C20H26N2O2S/c1-16(22-12-4-3-5-13-22)18-7-9-19(10-8-18)20-11-6-17(14-21-20)15-25(2,23)24/h6-11,14,16H,3-5,12-13,15H2,1-2H3/t16-/m1/s1. The summed E-state index contributed by atoms with van der Waals surface area (Å²) in [6.45, 7) is 4.65. The van der Waals surface area contributed by atoms with Gasteiger partial charge in [0.2, 0.25) is 0 Å². The number of sulfone groups is 1. The maximum Gasteiger partial charge on any atom is 0.151 e. The third-order valence-electron chi connectivity index (χ3n) is 4.88. The van der Waals surface area contributed by atoms with Crippen LogP contribution >= 0.6 is 0 Å². The molecule has 0 aliphatic carbocycles. The molecule has 0 bridgehead atoms. The molecule has 1 aliphatic heterocycles. The Kier molecular flexibility index (Phi) is 5.54. The van der Waals surface area contributed by atoms with Crippen LogP contribution in [0.2, 0.25) is 0 Å². The lowest BCUT2D eigenvalue weighted by Crippen LogP contribution is -2.32. The molecule has 0 amide bonds. The van der Waals surface area contributed by atoms with E-state index < -0.39 is 9.84 Å². The minimum Gasteiger partial charge on any atom is -0.297 e. The van der Waals surface area contributed by atoms with Crippen LogP contribution in [0, 0.1) is 0 Å². The topological polar surface area (TPSA) is 50.3 Å². The summed E-state index contributed by atoms with van der Waals surface area (Å²) in [5, 5.41) is 0. The van der Waals surface area contributed by atoms with Crippen molar-refractivity contribution in [2.24, 2.45) is 0 Å². The van der Waals surface area contributed by atoms with Gasteiger partial charge >= 0.3 is 0 Å². The van der Waals surface area contributed by atoms with E-state index in [0.29, 0.717) is 6.04 Å². The first-order valence-electron chi connectivity index (χ1n) is 8.89. The Morgan fingerprint density at radius 2 is 1.72 bits per heavy atom. The van der Waals surface area contributed by atoms with Crippen LogP contribution in [0.25, 0.3) is 11.3 Å². The molecule has 1 atom stereocenters. The smallest absolute Gasteiger partial charge is 0.151 e.